The van der Waals surface area contributed by atoms with Crippen LogP contribution >= 0.6 is 0 Å². The lowest BCUT2D eigenvalue weighted by atomic mass is 10.1. The number of piperidine rings is 2. The summed E-state index contributed by atoms with van der Waals surface area (Å²) in [4.78, 5) is 13.2. The van der Waals surface area contributed by atoms with Gasteiger partial charge in [-0.25, -0.2) is 16.8 Å². The van der Waals surface area contributed by atoms with Crippen LogP contribution in [0, 0.1) is 0 Å². The Bertz CT molecular complexity index is 1250. The van der Waals surface area contributed by atoms with E-state index in [9.17, 15) is 31.8 Å². The average Bonchev–Trinajstić information content (AvgIpc) is 3.11. The third kappa shape index (κ3) is 3.90. The average molecular weight is 507 g/mol. The fraction of sp³-hybridized carbons (Fsp3) is 0.435. The summed E-state index contributed by atoms with van der Waals surface area (Å²) in [7, 11) is -7.64. The fourth-order valence-electron chi connectivity index (χ4n) is 4.82. The van der Waals surface area contributed by atoms with Gasteiger partial charge < -0.3 is 10.2 Å². The van der Waals surface area contributed by atoms with Crippen molar-refractivity contribution >= 4 is 25.8 Å². The van der Waals surface area contributed by atoms with E-state index in [4.69, 9.17) is 0 Å². The third-order valence-electron chi connectivity index (χ3n) is 6.88. The lowest BCUT2D eigenvalue weighted by molar-refractivity contribution is 0.104. The fourth-order valence-corrected chi connectivity index (χ4v) is 7.81. The molecule has 0 atom stereocenters. The monoisotopic (exact) mass is 506 g/mol. The van der Waals surface area contributed by atoms with Crippen molar-refractivity contribution in [1.82, 2.24) is 8.61 Å². The van der Waals surface area contributed by atoms with Crippen LogP contribution in [-0.4, -0.2) is 79.8 Å². The maximum Gasteiger partial charge on any atom is 0.243 e. The van der Waals surface area contributed by atoms with Gasteiger partial charge in [0, 0.05) is 37.3 Å². The molecule has 0 aromatic heterocycles. The molecule has 2 aromatic rings. The summed E-state index contributed by atoms with van der Waals surface area (Å²) < 4.78 is 55.0. The number of fused-ring (bicyclic) bond motifs is 3. The number of hydrogen-bond donors (Lipinski definition) is 2. The molecule has 2 N–H and O–H groups in total. The number of aliphatic hydroxyl groups excluding tert-OH is 2. The number of ketones is 1. The Kier molecular flexibility index (Phi) is 5.90. The number of benzene rings is 2. The zero-order chi connectivity index (χ0) is 24.3. The zero-order valence-electron chi connectivity index (χ0n) is 18.4. The van der Waals surface area contributed by atoms with Crippen LogP contribution in [0.15, 0.2) is 46.2 Å². The van der Waals surface area contributed by atoms with Gasteiger partial charge in [0.1, 0.15) is 0 Å². The highest BCUT2D eigenvalue weighted by Crippen LogP contribution is 2.39. The number of rotatable bonds is 4. The van der Waals surface area contributed by atoms with E-state index in [2.05, 4.69) is 0 Å². The Hall–Kier alpha value is -2.15. The van der Waals surface area contributed by atoms with Crippen LogP contribution < -0.4 is 0 Å². The molecule has 0 unspecified atom stereocenters. The van der Waals surface area contributed by atoms with Gasteiger partial charge in [-0.1, -0.05) is 12.1 Å². The van der Waals surface area contributed by atoms with Crippen LogP contribution in [0.25, 0.3) is 11.1 Å². The van der Waals surface area contributed by atoms with E-state index in [1.807, 2.05) is 0 Å². The zero-order valence-corrected chi connectivity index (χ0v) is 20.1. The highest BCUT2D eigenvalue weighted by Gasteiger charge is 2.35. The van der Waals surface area contributed by atoms with Crippen molar-refractivity contribution in [2.45, 2.75) is 47.7 Å². The topological polar surface area (TPSA) is 132 Å². The van der Waals surface area contributed by atoms with Crippen LogP contribution in [0.4, 0.5) is 0 Å². The lowest BCUT2D eigenvalue weighted by Crippen LogP contribution is -2.40. The van der Waals surface area contributed by atoms with Crippen LogP contribution in [0.1, 0.15) is 41.6 Å². The summed E-state index contributed by atoms with van der Waals surface area (Å²) in [6.45, 7) is 0.847. The van der Waals surface area contributed by atoms with Crippen molar-refractivity contribution in [3.05, 3.63) is 47.5 Å². The number of carbonyl (C=O) groups excluding carboxylic acids is 1. The van der Waals surface area contributed by atoms with E-state index >= 15 is 0 Å². The first kappa shape index (κ1) is 23.6. The normalized spacial score (nSPS) is 20.9. The number of carbonyl (C=O) groups is 1. The first-order valence-corrected chi connectivity index (χ1v) is 14.2. The van der Waals surface area contributed by atoms with E-state index in [0.29, 0.717) is 36.8 Å². The predicted octanol–water partition coefficient (Wildman–Crippen LogP) is 1.19. The van der Waals surface area contributed by atoms with Crippen LogP contribution in [0.5, 0.6) is 0 Å². The molecule has 9 nitrogen and oxygen atoms in total. The molecule has 5 rings (SSSR count). The lowest BCUT2D eigenvalue weighted by Gasteiger charge is -2.28. The quantitative estimate of drug-likeness (QED) is 0.543. The Morgan fingerprint density at radius 3 is 1.32 bits per heavy atom. The van der Waals surface area contributed by atoms with Gasteiger partial charge in [0.15, 0.2) is 5.78 Å². The first-order valence-electron chi connectivity index (χ1n) is 11.3. The molecule has 2 aliphatic heterocycles. The Morgan fingerprint density at radius 1 is 0.618 bits per heavy atom. The highest BCUT2D eigenvalue weighted by atomic mass is 32.2. The molecule has 1 aliphatic carbocycles. The van der Waals surface area contributed by atoms with Crippen LogP contribution in [-0.2, 0) is 20.0 Å². The molecular formula is C23H26N2O7S2. The maximum absolute atomic E-state index is 13.2. The minimum atomic E-state index is -3.82. The largest absolute Gasteiger partial charge is 0.393 e. The molecule has 0 bridgehead atoms. The van der Waals surface area contributed by atoms with Crippen molar-refractivity contribution in [2.24, 2.45) is 0 Å². The van der Waals surface area contributed by atoms with Crippen molar-refractivity contribution in [2.75, 3.05) is 26.2 Å². The summed E-state index contributed by atoms with van der Waals surface area (Å²) in [6.07, 6.45) is 0.429. The summed E-state index contributed by atoms with van der Waals surface area (Å²) in [6, 6.07) is 8.82. The van der Waals surface area contributed by atoms with Gasteiger partial charge >= 0.3 is 0 Å². The molecule has 0 amide bonds. The first-order chi connectivity index (χ1) is 16.1. The van der Waals surface area contributed by atoms with Crippen molar-refractivity contribution in [3.63, 3.8) is 0 Å². The van der Waals surface area contributed by atoms with Gasteiger partial charge in [0.05, 0.1) is 22.0 Å². The SMILES string of the molecule is O=C1c2cc(S(=O)(=O)N3CCC(O)CC3)ccc2-c2ccc(S(=O)(=O)N3CCC(O)CC3)cc21. The molecule has 2 heterocycles. The minimum absolute atomic E-state index is 0.00325. The molecule has 11 heteroatoms. The second-order valence-electron chi connectivity index (χ2n) is 9.01. The summed E-state index contributed by atoms with van der Waals surface area (Å²) in [5.41, 5.74) is 1.59. The molecule has 3 aliphatic rings. The summed E-state index contributed by atoms with van der Waals surface area (Å²) in [5, 5.41) is 19.4. The van der Waals surface area contributed by atoms with Crippen molar-refractivity contribution < 1.29 is 31.8 Å². The predicted molar refractivity (Wildman–Crippen MR) is 123 cm³/mol. The Balaban J connectivity index is 1.46. The van der Waals surface area contributed by atoms with Gasteiger partial charge in [-0.3, -0.25) is 4.79 Å². The molecule has 2 aromatic carbocycles. The molecule has 2 saturated heterocycles. The standard InChI is InChI=1S/C23H26N2O7S2/c26-15-5-9-24(10-6-15)33(29,30)17-1-3-19-20-4-2-18(14-22(20)23(28)21(19)13-17)34(31,32)25-11-7-16(27)8-12-25/h1-4,13-16,26-27H,5-12H2. The molecule has 182 valence electrons. The van der Waals surface area contributed by atoms with E-state index in [1.54, 1.807) is 12.1 Å². The number of sulfonamides is 2. The van der Waals surface area contributed by atoms with E-state index in [-0.39, 0.29) is 47.1 Å². The van der Waals surface area contributed by atoms with Gasteiger partial charge in [-0.05, 0) is 61.1 Å². The number of aliphatic hydroxyl groups is 2. The number of hydrogen-bond acceptors (Lipinski definition) is 7. The molecule has 2 fully saturated rings. The van der Waals surface area contributed by atoms with E-state index in [0.717, 1.165) is 0 Å². The van der Waals surface area contributed by atoms with Crippen LogP contribution in [0.3, 0.4) is 0 Å². The Labute approximate surface area is 198 Å². The summed E-state index contributed by atoms with van der Waals surface area (Å²) >= 11 is 0. The smallest absolute Gasteiger partial charge is 0.243 e. The molecule has 34 heavy (non-hydrogen) atoms. The second kappa shape index (κ2) is 8.51. The molecule has 0 spiro atoms. The minimum Gasteiger partial charge on any atom is -0.393 e. The maximum atomic E-state index is 13.2. The molecule has 0 radical (unpaired) electrons. The molecular weight excluding hydrogens is 480 g/mol. The van der Waals surface area contributed by atoms with E-state index < -0.39 is 38.0 Å². The van der Waals surface area contributed by atoms with E-state index in [1.165, 1.54) is 32.9 Å². The number of nitrogens with zero attached hydrogens (tertiary/aromatic N) is 2. The van der Waals surface area contributed by atoms with Crippen LogP contribution in [0.2, 0.25) is 0 Å². The van der Waals surface area contributed by atoms with Crippen molar-refractivity contribution in [3.8, 4) is 11.1 Å². The van der Waals surface area contributed by atoms with Gasteiger partial charge in [-0.15, -0.1) is 0 Å². The second-order valence-corrected chi connectivity index (χ2v) is 12.9. The molecule has 0 saturated carbocycles. The van der Waals surface area contributed by atoms with Gasteiger partial charge in [0.25, 0.3) is 0 Å². The highest BCUT2D eigenvalue weighted by molar-refractivity contribution is 7.89. The van der Waals surface area contributed by atoms with Gasteiger partial charge in [-0.2, -0.15) is 8.61 Å². The summed E-state index contributed by atoms with van der Waals surface area (Å²) in [5.74, 6) is -0.415. The van der Waals surface area contributed by atoms with Crippen molar-refractivity contribution in [1.29, 1.82) is 0 Å². The van der Waals surface area contributed by atoms with Gasteiger partial charge in [0.2, 0.25) is 20.0 Å². The third-order valence-corrected chi connectivity index (χ3v) is 10.7. The Morgan fingerprint density at radius 2 is 0.971 bits per heavy atom.